The number of allylic oxidation sites excluding steroid dienone is 3. The van der Waals surface area contributed by atoms with Crippen LogP contribution in [0.5, 0.6) is 0 Å². The lowest BCUT2D eigenvalue weighted by atomic mass is 9.71. The van der Waals surface area contributed by atoms with Crippen LogP contribution in [0, 0.1) is 11.3 Å². The lowest BCUT2D eigenvalue weighted by Crippen LogP contribution is -2.32. The molecule has 0 saturated heterocycles. The van der Waals surface area contributed by atoms with Gasteiger partial charge in [-0.15, -0.1) is 0 Å². The Morgan fingerprint density at radius 1 is 1.57 bits per heavy atom. The number of Topliss-reactive ketones (excluding diaryl/α,β-unsaturated/α-hetero) is 1. The van der Waals surface area contributed by atoms with Crippen LogP contribution in [0.3, 0.4) is 0 Å². The summed E-state index contributed by atoms with van der Waals surface area (Å²) in [4.78, 5) is 12.0. The fraction of sp³-hybridized carbons (Fsp3) is 0.615. The third-order valence-electron chi connectivity index (χ3n) is 3.33. The molecule has 0 fully saturated rings. The highest BCUT2D eigenvalue weighted by molar-refractivity contribution is 5.87. The molecule has 0 N–H and O–H groups in total. The Morgan fingerprint density at radius 2 is 2.14 bits per heavy atom. The van der Waals surface area contributed by atoms with Gasteiger partial charge in [0.25, 0.3) is 0 Å². The lowest BCUT2D eigenvalue weighted by Gasteiger charge is -2.31. The van der Waals surface area contributed by atoms with Gasteiger partial charge in [0.2, 0.25) is 0 Å². The summed E-state index contributed by atoms with van der Waals surface area (Å²) in [6.45, 7) is 12.1. The molecule has 1 aliphatic carbocycles. The molecule has 0 amide bonds. The fourth-order valence-electron chi connectivity index (χ4n) is 2.18. The highest BCUT2D eigenvalue weighted by Gasteiger charge is 2.37. The van der Waals surface area contributed by atoms with Crippen LogP contribution >= 0.6 is 0 Å². The van der Waals surface area contributed by atoms with Gasteiger partial charge in [0.05, 0.1) is 0 Å². The number of ketones is 1. The Bertz CT molecular complexity index is 294. The van der Waals surface area contributed by atoms with Crippen LogP contribution in [0.4, 0.5) is 0 Å². The molecule has 1 atom stereocenters. The van der Waals surface area contributed by atoms with Gasteiger partial charge >= 0.3 is 0 Å². The average molecular weight is 192 g/mol. The monoisotopic (exact) mass is 192 g/mol. The molecular weight excluding hydrogens is 172 g/mol. The highest BCUT2D eigenvalue weighted by Crippen LogP contribution is 2.39. The summed E-state index contributed by atoms with van der Waals surface area (Å²) >= 11 is 0. The van der Waals surface area contributed by atoms with Crippen molar-refractivity contribution in [2.75, 3.05) is 0 Å². The third kappa shape index (κ3) is 1.97. The van der Waals surface area contributed by atoms with E-state index in [-0.39, 0.29) is 5.41 Å². The third-order valence-corrected chi connectivity index (χ3v) is 3.33. The van der Waals surface area contributed by atoms with Gasteiger partial charge < -0.3 is 0 Å². The molecule has 0 radical (unpaired) electrons. The van der Waals surface area contributed by atoms with Crippen LogP contribution in [0.25, 0.3) is 0 Å². The van der Waals surface area contributed by atoms with Crippen molar-refractivity contribution >= 4 is 5.78 Å². The zero-order valence-corrected chi connectivity index (χ0v) is 9.68. The van der Waals surface area contributed by atoms with Crippen molar-refractivity contribution in [2.45, 2.75) is 40.5 Å². The van der Waals surface area contributed by atoms with E-state index in [4.69, 9.17) is 0 Å². The van der Waals surface area contributed by atoms with Crippen molar-refractivity contribution < 1.29 is 4.79 Å². The maximum Gasteiger partial charge on any atom is 0.143 e. The first-order chi connectivity index (χ1) is 6.35. The van der Waals surface area contributed by atoms with E-state index in [0.717, 1.165) is 12.0 Å². The van der Waals surface area contributed by atoms with Gasteiger partial charge in [0, 0.05) is 11.8 Å². The first kappa shape index (κ1) is 11.2. The minimum absolute atomic E-state index is 0.250. The molecule has 0 aromatic carbocycles. The van der Waals surface area contributed by atoms with E-state index < -0.39 is 0 Å². The number of hydrogen-bond donors (Lipinski definition) is 0. The molecule has 1 aliphatic rings. The number of hydrogen-bond acceptors (Lipinski definition) is 1. The van der Waals surface area contributed by atoms with Crippen LogP contribution in [0.2, 0.25) is 0 Å². The topological polar surface area (TPSA) is 17.1 Å². The SMILES string of the molecule is C=C(C)[C@@H]1CC=C(C)CC(=O)C1(C)C. The Morgan fingerprint density at radius 3 is 2.64 bits per heavy atom. The van der Waals surface area contributed by atoms with Crippen LogP contribution in [-0.4, -0.2) is 5.78 Å². The van der Waals surface area contributed by atoms with E-state index in [1.54, 1.807) is 0 Å². The number of carbonyl (C=O) groups excluding carboxylic acids is 1. The standard InChI is InChI=1S/C13H20O/c1-9(2)11-7-6-10(3)8-12(14)13(11,4)5/h6,11H,1,7-8H2,2-5H3/t11-/m0/s1. The van der Waals surface area contributed by atoms with E-state index in [0.29, 0.717) is 18.1 Å². The average Bonchev–Trinajstić information content (AvgIpc) is 2.10. The smallest absolute Gasteiger partial charge is 0.143 e. The van der Waals surface area contributed by atoms with Gasteiger partial charge in [0.1, 0.15) is 5.78 Å². The Hall–Kier alpha value is -0.850. The van der Waals surface area contributed by atoms with Gasteiger partial charge in [-0.05, 0) is 26.2 Å². The van der Waals surface area contributed by atoms with E-state index in [2.05, 4.69) is 12.7 Å². The summed E-state index contributed by atoms with van der Waals surface area (Å²) in [6.07, 6.45) is 3.75. The molecule has 0 spiro atoms. The highest BCUT2D eigenvalue weighted by atomic mass is 16.1. The molecule has 14 heavy (non-hydrogen) atoms. The predicted molar refractivity (Wildman–Crippen MR) is 60.1 cm³/mol. The molecule has 0 bridgehead atoms. The summed E-state index contributed by atoms with van der Waals surface area (Å²) in [5, 5.41) is 0. The van der Waals surface area contributed by atoms with E-state index in [9.17, 15) is 4.79 Å². The molecule has 0 aromatic heterocycles. The normalized spacial score (nSPS) is 26.7. The molecule has 0 saturated carbocycles. The van der Waals surface area contributed by atoms with E-state index >= 15 is 0 Å². The second kappa shape index (κ2) is 3.72. The van der Waals surface area contributed by atoms with E-state index in [1.807, 2.05) is 27.7 Å². The summed E-state index contributed by atoms with van der Waals surface area (Å²) in [5.41, 5.74) is 2.07. The molecule has 78 valence electrons. The molecular formula is C13H20O. The lowest BCUT2D eigenvalue weighted by molar-refractivity contribution is -0.128. The first-order valence-corrected chi connectivity index (χ1v) is 5.20. The minimum Gasteiger partial charge on any atom is -0.299 e. The quantitative estimate of drug-likeness (QED) is 0.581. The van der Waals surface area contributed by atoms with E-state index in [1.165, 1.54) is 5.57 Å². The van der Waals surface area contributed by atoms with Crippen LogP contribution in [-0.2, 0) is 4.79 Å². The number of carbonyl (C=O) groups is 1. The largest absolute Gasteiger partial charge is 0.299 e. The van der Waals surface area contributed by atoms with Gasteiger partial charge in [-0.25, -0.2) is 0 Å². The van der Waals surface area contributed by atoms with Crippen molar-refractivity contribution in [2.24, 2.45) is 11.3 Å². The van der Waals surface area contributed by atoms with Crippen molar-refractivity contribution in [3.63, 3.8) is 0 Å². The van der Waals surface area contributed by atoms with Crippen molar-refractivity contribution in [1.29, 1.82) is 0 Å². The second-order valence-electron chi connectivity index (χ2n) is 5.01. The minimum atomic E-state index is -0.250. The summed E-state index contributed by atoms with van der Waals surface area (Å²) < 4.78 is 0. The Kier molecular flexibility index (Phi) is 2.98. The van der Waals surface area contributed by atoms with Crippen LogP contribution in [0.1, 0.15) is 40.5 Å². The Balaban J connectivity index is 3.04. The molecule has 1 rings (SSSR count). The fourth-order valence-corrected chi connectivity index (χ4v) is 2.18. The molecule has 0 aliphatic heterocycles. The van der Waals surface area contributed by atoms with Crippen molar-refractivity contribution in [3.8, 4) is 0 Å². The predicted octanol–water partition coefficient (Wildman–Crippen LogP) is 3.51. The van der Waals surface area contributed by atoms with Gasteiger partial charge in [-0.3, -0.25) is 4.79 Å². The van der Waals surface area contributed by atoms with Crippen molar-refractivity contribution in [3.05, 3.63) is 23.8 Å². The second-order valence-corrected chi connectivity index (χ2v) is 5.01. The zero-order chi connectivity index (χ0) is 10.9. The molecule has 0 unspecified atom stereocenters. The summed E-state index contributed by atoms with van der Waals surface area (Å²) in [5.74, 6) is 0.643. The maximum absolute atomic E-state index is 12.0. The van der Waals surface area contributed by atoms with Gasteiger partial charge in [-0.1, -0.05) is 37.6 Å². The molecule has 0 aromatic rings. The molecule has 0 heterocycles. The maximum atomic E-state index is 12.0. The molecule has 1 heteroatoms. The first-order valence-electron chi connectivity index (χ1n) is 5.20. The van der Waals surface area contributed by atoms with Crippen LogP contribution in [0.15, 0.2) is 23.8 Å². The zero-order valence-electron chi connectivity index (χ0n) is 9.68. The summed E-state index contributed by atoms with van der Waals surface area (Å²) in [6, 6.07) is 0. The molecule has 1 nitrogen and oxygen atoms in total. The van der Waals surface area contributed by atoms with Gasteiger partial charge in [0.15, 0.2) is 0 Å². The van der Waals surface area contributed by atoms with Crippen molar-refractivity contribution in [1.82, 2.24) is 0 Å². The number of rotatable bonds is 1. The summed E-state index contributed by atoms with van der Waals surface area (Å²) in [7, 11) is 0. The van der Waals surface area contributed by atoms with Gasteiger partial charge in [-0.2, -0.15) is 0 Å². The van der Waals surface area contributed by atoms with Crippen LogP contribution < -0.4 is 0 Å². The Labute approximate surface area is 86.9 Å².